The van der Waals surface area contributed by atoms with E-state index in [1.165, 1.54) is 102 Å². The van der Waals surface area contributed by atoms with E-state index in [0.29, 0.717) is 0 Å². The molecule has 0 radical (unpaired) electrons. The predicted molar refractivity (Wildman–Crippen MR) is 160 cm³/mol. The van der Waals surface area contributed by atoms with Crippen LogP contribution < -0.4 is 4.43 Å². The van der Waals surface area contributed by atoms with Gasteiger partial charge in [0.2, 0.25) is 9.76 Å². The lowest BCUT2D eigenvalue weighted by Crippen LogP contribution is -2.09. The number of aryl methyl sites for hydroxylation is 1. The summed E-state index contributed by atoms with van der Waals surface area (Å²) < 4.78 is 6.28. The van der Waals surface area contributed by atoms with Crippen molar-refractivity contribution >= 4 is 9.76 Å². The Balaban J connectivity index is 1.31. The monoisotopic (exact) mass is 523 g/mol. The molecule has 5 heteroatoms. The quantitative estimate of drug-likeness (QED) is 0.121. The first-order chi connectivity index (χ1) is 18.2. The summed E-state index contributed by atoms with van der Waals surface area (Å²) in [6.45, 7) is 7.12. The summed E-state index contributed by atoms with van der Waals surface area (Å²) in [5.74, 6) is 3.61. The van der Waals surface area contributed by atoms with Gasteiger partial charge in [0.15, 0.2) is 0 Å². The molecule has 2 unspecified atom stereocenters. The molecule has 1 fully saturated rings. The largest absolute Gasteiger partial charge is 0.548 e. The molecule has 206 valence electrons. The highest BCUT2D eigenvalue weighted by Gasteiger charge is 2.19. The second-order valence-corrected chi connectivity index (χ2v) is 13.0. The average Bonchev–Trinajstić information content (AvgIpc) is 3.75. The molecule has 3 rings (SSSR count). The summed E-state index contributed by atoms with van der Waals surface area (Å²) in [5.41, 5.74) is 2.73. The molecule has 0 spiro atoms. The minimum atomic E-state index is -0.617. The number of nitrogens with zero attached hydrogens (tertiary/aromatic N) is 3. The van der Waals surface area contributed by atoms with Crippen LogP contribution in [0.1, 0.15) is 123 Å². The third-order valence-corrected chi connectivity index (χ3v) is 9.56. The molecule has 1 aliphatic rings. The average molecular weight is 524 g/mol. The molecule has 0 amide bonds. The van der Waals surface area contributed by atoms with Crippen LogP contribution >= 0.6 is 0 Å². The molecule has 4 nitrogen and oxygen atoms in total. The molecular formula is C32H53N3OSi. The molecule has 2 aromatic rings. The summed E-state index contributed by atoms with van der Waals surface area (Å²) in [4.78, 5) is 14.0. The van der Waals surface area contributed by atoms with Gasteiger partial charge in [-0.25, -0.2) is 0 Å². The van der Waals surface area contributed by atoms with Crippen LogP contribution in [0, 0.1) is 17.8 Å². The third-order valence-electron chi connectivity index (χ3n) is 8.26. The molecule has 2 atom stereocenters. The molecule has 0 N–H and O–H groups in total. The molecule has 0 aliphatic heterocycles. The van der Waals surface area contributed by atoms with Crippen molar-refractivity contribution in [1.29, 1.82) is 0 Å². The van der Waals surface area contributed by atoms with Gasteiger partial charge in [-0.3, -0.25) is 15.0 Å². The Labute approximate surface area is 229 Å². The number of hydrogen-bond donors (Lipinski definition) is 0. The van der Waals surface area contributed by atoms with Gasteiger partial charge in [0.25, 0.3) is 0 Å². The number of hydrogen-bond acceptors (Lipinski definition) is 4. The number of pyridine rings is 1. The van der Waals surface area contributed by atoms with Gasteiger partial charge in [-0.15, -0.1) is 0 Å². The summed E-state index contributed by atoms with van der Waals surface area (Å²) in [5, 5.41) is 0. The molecular weight excluding hydrogens is 470 g/mol. The van der Waals surface area contributed by atoms with Gasteiger partial charge >= 0.3 is 0 Å². The van der Waals surface area contributed by atoms with Crippen molar-refractivity contribution in [2.24, 2.45) is 17.8 Å². The maximum Gasteiger partial charge on any atom is 0.219 e. The molecule has 0 saturated heterocycles. The van der Waals surface area contributed by atoms with Crippen molar-refractivity contribution in [3.63, 3.8) is 0 Å². The first-order valence-corrected chi connectivity index (χ1v) is 17.1. The lowest BCUT2D eigenvalue weighted by molar-refractivity contribution is 0.333. The fraction of sp³-hybridized carbons (Fsp3) is 0.719. The molecule has 1 saturated carbocycles. The molecule has 1 aliphatic carbocycles. The molecule has 2 heterocycles. The van der Waals surface area contributed by atoms with Gasteiger partial charge in [-0.2, -0.15) is 0 Å². The highest BCUT2D eigenvalue weighted by molar-refractivity contribution is 6.28. The molecule has 37 heavy (non-hydrogen) atoms. The number of rotatable bonds is 21. The zero-order valence-corrected chi connectivity index (χ0v) is 25.5. The van der Waals surface area contributed by atoms with Crippen LogP contribution in [-0.4, -0.2) is 24.7 Å². The van der Waals surface area contributed by atoms with Gasteiger partial charge in [-0.1, -0.05) is 111 Å². The predicted octanol–water partition coefficient (Wildman–Crippen LogP) is 8.74. The number of aromatic nitrogens is 3. The number of unbranched alkanes of at least 4 members (excludes halogenated alkanes) is 7. The van der Waals surface area contributed by atoms with Crippen LogP contribution in [0.25, 0.3) is 11.4 Å². The van der Waals surface area contributed by atoms with Crippen LogP contribution in [-0.2, 0) is 6.42 Å². The van der Waals surface area contributed by atoms with Crippen LogP contribution in [0.4, 0.5) is 0 Å². The maximum atomic E-state index is 6.28. The van der Waals surface area contributed by atoms with Crippen LogP contribution in [0.15, 0.2) is 30.7 Å². The highest BCUT2D eigenvalue weighted by Crippen LogP contribution is 2.34. The normalized spacial score (nSPS) is 15.3. The van der Waals surface area contributed by atoms with Crippen molar-refractivity contribution in [2.75, 3.05) is 0 Å². The highest BCUT2D eigenvalue weighted by atomic mass is 28.2. The molecule has 2 aromatic heterocycles. The summed E-state index contributed by atoms with van der Waals surface area (Å²) >= 11 is 0. The standard InChI is InChI=1S/C32H53N3OSi/c1-4-5-15-26(2)27(3)16-14-23-37-36-31-19-13-22-33-32(31)30-25-34-29(24-35-30)18-12-10-8-6-7-9-11-17-28-20-21-28/h13,19,22,24-28H,4-12,14-18,20-21,23,37H2,1-3H3. The second kappa shape index (κ2) is 17.7. The van der Waals surface area contributed by atoms with Crippen molar-refractivity contribution in [3.05, 3.63) is 36.4 Å². The lowest BCUT2D eigenvalue weighted by atomic mass is 9.88. The van der Waals surface area contributed by atoms with E-state index >= 15 is 0 Å². The minimum Gasteiger partial charge on any atom is -0.548 e. The van der Waals surface area contributed by atoms with E-state index in [1.807, 2.05) is 30.7 Å². The zero-order chi connectivity index (χ0) is 26.1. The first-order valence-electron chi connectivity index (χ1n) is 15.6. The summed E-state index contributed by atoms with van der Waals surface area (Å²) in [7, 11) is -0.617. The molecule has 0 aromatic carbocycles. The van der Waals surface area contributed by atoms with Gasteiger partial charge in [0.1, 0.15) is 17.1 Å². The topological polar surface area (TPSA) is 47.9 Å². The van der Waals surface area contributed by atoms with E-state index < -0.39 is 9.76 Å². The van der Waals surface area contributed by atoms with Crippen LogP contribution in [0.2, 0.25) is 6.04 Å². The Morgan fingerprint density at radius 1 is 0.865 bits per heavy atom. The van der Waals surface area contributed by atoms with Gasteiger partial charge in [0.05, 0.1) is 11.9 Å². The van der Waals surface area contributed by atoms with E-state index in [1.54, 1.807) is 0 Å². The smallest absolute Gasteiger partial charge is 0.219 e. The summed E-state index contributed by atoms with van der Waals surface area (Å²) in [6, 6.07) is 5.20. The second-order valence-electron chi connectivity index (χ2n) is 11.6. The Kier molecular flexibility index (Phi) is 14.3. The van der Waals surface area contributed by atoms with Crippen molar-refractivity contribution in [3.8, 4) is 17.1 Å². The van der Waals surface area contributed by atoms with Crippen molar-refractivity contribution in [1.82, 2.24) is 15.0 Å². The lowest BCUT2D eigenvalue weighted by Gasteiger charge is -2.19. The van der Waals surface area contributed by atoms with Crippen molar-refractivity contribution < 1.29 is 4.43 Å². The minimum absolute atomic E-state index is 0.617. The Hall–Kier alpha value is -1.75. The molecule has 0 bridgehead atoms. The van der Waals surface area contributed by atoms with E-state index in [0.717, 1.165) is 47.0 Å². The maximum absolute atomic E-state index is 6.28. The van der Waals surface area contributed by atoms with E-state index in [9.17, 15) is 0 Å². The Morgan fingerprint density at radius 2 is 1.59 bits per heavy atom. The van der Waals surface area contributed by atoms with Crippen LogP contribution in [0.3, 0.4) is 0 Å². The van der Waals surface area contributed by atoms with E-state index in [4.69, 9.17) is 14.4 Å². The Morgan fingerprint density at radius 3 is 2.30 bits per heavy atom. The fourth-order valence-corrected chi connectivity index (χ4v) is 6.27. The van der Waals surface area contributed by atoms with E-state index in [2.05, 4.69) is 25.8 Å². The van der Waals surface area contributed by atoms with Gasteiger partial charge in [0, 0.05) is 12.4 Å². The fourth-order valence-electron chi connectivity index (χ4n) is 5.18. The van der Waals surface area contributed by atoms with Crippen LogP contribution in [0.5, 0.6) is 5.75 Å². The third kappa shape index (κ3) is 12.1. The van der Waals surface area contributed by atoms with Gasteiger partial charge < -0.3 is 4.43 Å². The first kappa shape index (κ1) is 29.8. The zero-order valence-electron chi connectivity index (χ0n) is 24.1. The van der Waals surface area contributed by atoms with E-state index in [-0.39, 0.29) is 0 Å². The SMILES string of the molecule is CCCCC(C)C(C)CCC[SiH2]Oc1cccnc1-c1cnc(CCCCCCCCCC2CC2)cn1. The van der Waals surface area contributed by atoms with Gasteiger partial charge in [-0.05, 0) is 48.8 Å². The Bertz CT molecular complexity index is 855. The van der Waals surface area contributed by atoms with Crippen molar-refractivity contribution in [2.45, 2.75) is 130 Å². The summed E-state index contributed by atoms with van der Waals surface area (Å²) in [6.07, 6.45) is 27.3.